The van der Waals surface area contributed by atoms with Gasteiger partial charge in [0.05, 0.1) is 12.2 Å². The summed E-state index contributed by atoms with van der Waals surface area (Å²) in [4.78, 5) is 11.6. The standard InChI is InChI=1S/C13H14FN3O2/c1-9(10-6-15-16-7-10)17-13(18)8-19-12-4-2-11(14)3-5-12/h2-7,9H,8H2,1H3,(H,15,16)(H,17,18). The van der Waals surface area contributed by atoms with Crippen LogP contribution in [0.25, 0.3) is 0 Å². The predicted molar refractivity (Wildman–Crippen MR) is 67.0 cm³/mol. The van der Waals surface area contributed by atoms with Crippen molar-refractivity contribution in [3.05, 3.63) is 48.0 Å². The number of aromatic amines is 1. The number of H-pyrrole nitrogens is 1. The van der Waals surface area contributed by atoms with Crippen molar-refractivity contribution >= 4 is 5.91 Å². The molecule has 19 heavy (non-hydrogen) atoms. The van der Waals surface area contributed by atoms with Gasteiger partial charge in [0.2, 0.25) is 0 Å². The molecule has 1 amide bonds. The molecule has 6 heteroatoms. The molecule has 0 saturated heterocycles. The van der Waals surface area contributed by atoms with Crippen LogP contribution in [-0.4, -0.2) is 22.7 Å². The molecule has 1 aromatic carbocycles. The van der Waals surface area contributed by atoms with Gasteiger partial charge in [-0.2, -0.15) is 5.10 Å². The largest absolute Gasteiger partial charge is 0.484 e. The molecule has 0 aliphatic carbocycles. The third-order valence-electron chi connectivity index (χ3n) is 2.58. The zero-order chi connectivity index (χ0) is 13.7. The maximum absolute atomic E-state index is 12.7. The zero-order valence-corrected chi connectivity index (χ0v) is 10.4. The number of aromatic nitrogens is 2. The van der Waals surface area contributed by atoms with Gasteiger partial charge in [0.15, 0.2) is 6.61 Å². The van der Waals surface area contributed by atoms with Crippen molar-refractivity contribution in [1.29, 1.82) is 0 Å². The number of carbonyl (C=O) groups excluding carboxylic acids is 1. The number of nitrogens with one attached hydrogen (secondary N) is 2. The van der Waals surface area contributed by atoms with Gasteiger partial charge in [0, 0.05) is 11.8 Å². The van der Waals surface area contributed by atoms with E-state index in [1.807, 2.05) is 6.92 Å². The fourth-order valence-electron chi connectivity index (χ4n) is 1.54. The molecule has 2 N–H and O–H groups in total. The topological polar surface area (TPSA) is 67.0 Å². The molecule has 2 aromatic rings. The van der Waals surface area contributed by atoms with Crippen LogP contribution in [0, 0.1) is 5.82 Å². The van der Waals surface area contributed by atoms with Crippen LogP contribution >= 0.6 is 0 Å². The Kier molecular flexibility index (Phi) is 4.12. The quantitative estimate of drug-likeness (QED) is 0.864. The average Bonchev–Trinajstić information content (AvgIpc) is 2.92. The Morgan fingerprint density at radius 2 is 2.21 bits per heavy atom. The van der Waals surface area contributed by atoms with E-state index in [9.17, 15) is 9.18 Å². The molecule has 2 rings (SSSR count). The van der Waals surface area contributed by atoms with E-state index in [1.54, 1.807) is 12.4 Å². The number of carbonyl (C=O) groups is 1. The van der Waals surface area contributed by atoms with Crippen molar-refractivity contribution in [3.63, 3.8) is 0 Å². The summed E-state index contributed by atoms with van der Waals surface area (Å²) >= 11 is 0. The van der Waals surface area contributed by atoms with Crippen molar-refractivity contribution < 1.29 is 13.9 Å². The molecular formula is C13H14FN3O2. The first kappa shape index (κ1) is 13.1. The summed E-state index contributed by atoms with van der Waals surface area (Å²) in [5.74, 6) is -0.143. The summed E-state index contributed by atoms with van der Waals surface area (Å²) < 4.78 is 17.9. The fourth-order valence-corrected chi connectivity index (χ4v) is 1.54. The van der Waals surface area contributed by atoms with Crippen LogP contribution in [0.4, 0.5) is 4.39 Å². The first-order valence-corrected chi connectivity index (χ1v) is 5.81. The molecular weight excluding hydrogens is 249 g/mol. The normalized spacial score (nSPS) is 11.9. The lowest BCUT2D eigenvalue weighted by Crippen LogP contribution is -2.31. The summed E-state index contributed by atoms with van der Waals surface area (Å²) in [5, 5.41) is 9.25. The molecule has 0 spiro atoms. The maximum atomic E-state index is 12.7. The van der Waals surface area contributed by atoms with Gasteiger partial charge >= 0.3 is 0 Å². The monoisotopic (exact) mass is 263 g/mol. The third kappa shape index (κ3) is 3.80. The lowest BCUT2D eigenvalue weighted by Gasteiger charge is -2.12. The van der Waals surface area contributed by atoms with Gasteiger partial charge in [-0.1, -0.05) is 0 Å². The van der Waals surface area contributed by atoms with E-state index in [0.717, 1.165) is 5.56 Å². The highest BCUT2D eigenvalue weighted by atomic mass is 19.1. The Labute approximate surface area is 109 Å². The number of rotatable bonds is 5. The lowest BCUT2D eigenvalue weighted by atomic mass is 10.2. The first-order valence-electron chi connectivity index (χ1n) is 5.81. The van der Waals surface area contributed by atoms with Crippen LogP contribution in [0.3, 0.4) is 0 Å². The van der Waals surface area contributed by atoms with Crippen LogP contribution < -0.4 is 10.1 Å². The lowest BCUT2D eigenvalue weighted by molar-refractivity contribution is -0.123. The molecule has 1 aromatic heterocycles. The molecule has 0 aliphatic rings. The first-order chi connectivity index (χ1) is 9.15. The van der Waals surface area contributed by atoms with Crippen molar-refractivity contribution in [2.45, 2.75) is 13.0 Å². The summed E-state index contributed by atoms with van der Waals surface area (Å²) in [6.07, 6.45) is 3.36. The second kappa shape index (κ2) is 5.99. The molecule has 5 nitrogen and oxygen atoms in total. The van der Waals surface area contributed by atoms with E-state index in [4.69, 9.17) is 4.74 Å². The van der Waals surface area contributed by atoms with Crippen LogP contribution in [0.1, 0.15) is 18.5 Å². The number of nitrogens with zero attached hydrogens (tertiary/aromatic N) is 1. The van der Waals surface area contributed by atoms with Gasteiger partial charge in [-0.15, -0.1) is 0 Å². The second-order valence-electron chi connectivity index (χ2n) is 4.06. The van der Waals surface area contributed by atoms with E-state index >= 15 is 0 Å². The smallest absolute Gasteiger partial charge is 0.258 e. The molecule has 0 radical (unpaired) electrons. The second-order valence-corrected chi connectivity index (χ2v) is 4.06. The number of amides is 1. The molecule has 0 saturated carbocycles. The van der Waals surface area contributed by atoms with Crippen LogP contribution in [-0.2, 0) is 4.79 Å². The number of hydrogen-bond donors (Lipinski definition) is 2. The van der Waals surface area contributed by atoms with E-state index in [-0.39, 0.29) is 24.4 Å². The average molecular weight is 263 g/mol. The Morgan fingerprint density at radius 3 is 2.84 bits per heavy atom. The minimum atomic E-state index is -0.342. The fraction of sp³-hybridized carbons (Fsp3) is 0.231. The highest BCUT2D eigenvalue weighted by Crippen LogP contribution is 2.11. The van der Waals surface area contributed by atoms with Crippen molar-refractivity contribution in [2.24, 2.45) is 0 Å². The van der Waals surface area contributed by atoms with E-state index < -0.39 is 0 Å². The van der Waals surface area contributed by atoms with Gasteiger partial charge in [-0.3, -0.25) is 9.89 Å². The highest BCUT2D eigenvalue weighted by molar-refractivity contribution is 5.77. The molecule has 0 bridgehead atoms. The molecule has 1 atom stereocenters. The van der Waals surface area contributed by atoms with E-state index in [1.165, 1.54) is 24.3 Å². The summed E-state index contributed by atoms with van der Waals surface area (Å²) in [6.45, 7) is 1.73. The molecule has 0 aliphatic heterocycles. The van der Waals surface area contributed by atoms with Gasteiger partial charge in [-0.25, -0.2) is 4.39 Å². The van der Waals surface area contributed by atoms with Crippen molar-refractivity contribution in [3.8, 4) is 5.75 Å². The van der Waals surface area contributed by atoms with E-state index in [0.29, 0.717) is 5.75 Å². The Hall–Kier alpha value is -2.37. The van der Waals surface area contributed by atoms with Gasteiger partial charge < -0.3 is 10.1 Å². The van der Waals surface area contributed by atoms with Crippen LogP contribution in [0.15, 0.2) is 36.7 Å². The number of benzene rings is 1. The SMILES string of the molecule is CC(NC(=O)COc1ccc(F)cc1)c1cn[nH]c1. The van der Waals surface area contributed by atoms with Gasteiger partial charge in [-0.05, 0) is 31.2 Å². The summed E-state index contributed by atoms with van der Waals surface area (Å²) in [5.41, 5.74) is 0.884. The van der Waals surface area contributed by atoms with Crippen molar-refractivity contribution in [1.82, 2.24) is 15.5 Å². The molecule has 1 unspecified atom stereocenters. The van der Waals surface area contributed by atoms with E-state index in [2.05, 4.69) is 15.5 Å². The Morgan fingerprint density at radius 1 is 1.47 bits per heavy atom. The highest BCUT2D eigenvalue weighted by Gasteiger charge is 2.10. The molecule has 1 heterocycles. The third-order valence-corrected chi connectivity index (χ3v) is 2.58. The van der Waals surface area contributed by atoms with Crippen LogP contribution in [0.5, 0.6) is 5.75 Å². The molecule has 0 fully saturated rings. The Balaban J connectivity index is 1.80. The van der Waals surface area contributed by atoms with Gasteiger partial charge in [0.1, 0.15) is 11.6 Å². The maximum Gasteiger partial charge on any atom is 0.258 e. The number of hydrogen-bond acceptors (Lipinski definition) is 3. The number of ether oxygens (including phenoxy) is 1. The summed E-state index contributed by atoms with van der Waals surface area (Å²) in [6, 6.07) is 5.36. The van der Waals surface area contributed by atoms with Crippen molar-refractivity contribution in [2.75, 3.05) is 6.61 Å². The van der Waals surface area contributed by atoms with Crippen LogP contribution in [0.2, 0.25) is 0 Å². The minimum absolute atomic E-state index is 0.117. The number of halogens is 1. The molecule has 100 valence electrons. The minimum Gasteiger partial charge on any atom is -0.484 e. The predicted octanol–water partition coefficient (Wildman–Crippen LogP) is 1.80. The zero-order valence-electron chi connectivity index (χ0n) is 10.4. The Bertz CT molecular complexity index is 525. The van der Waals surface area contributed by atoms with Gasteiger partial charge in [0.25, 0.3) is 5.91 Å². The summed E-state index contributed by atoms with van der Waals surface area (Å²) in [7, 11) is 0.